The number of rotatable bonds is 2. The maximum Gasteiger partial charge on any atom is 0.418 e. The fraction of sp³-hybridized carbons (Fsp3) is 0.263. The highest BCUT2D eigenvalue weighted by Gasteiger charge is 2.33. The molecule has 1 aliphatic carbocycles. The Labute approximate surface area is 142 Å². The van der Waals surface area contributed by atoms with Crippen LogP contribution >= 0.6 is 0 Å². The number of carbonyl (C=O) groups excluding carboxylic acids is 1. The molecule has 0 bridgehead atoms. The molecule has 1 atom stereocenters. The van der Waals surface area contributed by atoms with Crippen molar-refractivity contribution in [2.45, 2.75) is 32.5 Å². The summed E-state index contributed by atoms with van der Waals surface area (Å²) in [7, 11) is 0. The maximum atomic E-state index is 12.8. The number of fused-ring (bicyclic) bond motifs is 1. The first-order valence-corrected chi connectivity index (χ1v) is 7.74. The molecule has 0 fully saturated rings. The van der Waals surface area contributed by atoms with Gasteiger partial charge in [0.25, 0.3) is 0 Å². The third kappa shape index (κ3) is 3.09. The van der Waals surface area contributed by atoms with Crippen LogP contribution in [0.25, 0.3) is 0 Å². The van der Waals surface area contributed by atoms with Gasteiger partial charge in [0.2, 0.25) is 0 Å². The number of hydrogen-bond acceptors (Lipinski definition) is 3. The molecular weight excluding hydrogens is 331 g/mol. The lowest BCUT2D eigenvalue weighted by atomic mass is 9.82. The van der Waals surface area contributed by atoms with Crippen molar-refractivity contribution in [1.29, 1.82) is 0 Å². The Morgan fingerprint density at radius 3 is 2.52 bits per heavy atom. The monoisotopic (exact) mass is 347 g/mol. The molecule has 0 saturated carbocycles. The normalized spacial score (nSPS) is 17.7. The van der Waals surface area contributed by atoms with Gasteiger partial charge in [-0.2, -0.15) is 13.2 Å². The van der Waals surface area contributed by atoms with Gasteiger partial charge in [0.1, 0.15) is 6.10 Å². The second kappa shape index (κ2) is 6.11. The Morgan fingerprint density at radius 1 is 1.20 bits per heavy atom. The van der Waals surface area contributed by atoms with Crippen LogP contribution in [0.5, 0.6) is 0 Å². The fourth-order valence-electron chi connectivity index (χ4n) is 3.09. The molecule has 0 spiro atoms. The number of allylic oxidation sites excluding steroid dienone is 1. The van der Waals surface area contributed by atoms with E-state index in [1.54, 1.807) is 31.2 Å². The van der Waals surface area contributed by atoms with E-state index in [-0.39, 0.29) is 17.8 Å². The van der Waals surface area contributed by atoms with Crippen LogP contribution in [0.4, 0.5) is 13.2 Å². The summed E-state index contributed by atoms with van der Waals surface area (Å²) in [4.78, 5) is 16.6. The second-order valence-electron chi connectivity index (χ2n) is 6.15. The highest BCUT2D eigenvalue weighted by molar-refractivity contribution is 6.11. The van der Waals surface area contributed by atoms with E-state index in [0.29, 0.717) is 28.0 Å². The van der Waals surface area contributed by atoms with E-state index >= 15 is 0 Å². The summed E-state index contributed by atoms with van der Waals surface area (Å²) in [6.45, 7) is 3.02. The van der Waals surface area contributed by atoms with Gasteiger partial charge in [0.05, 0.1) is 5.56 Å². The van der Waals surface area contributed by atoms with E-state index in [0.717, 1.165) is 6.20 Å². The predicted octanol–water partition coefficient (Wildman–Crippen LogP) is 4.20. The summed E-state index contributed by atoms with van der Waals surface area (Å²) >= 11 is 0. The van der Waals surface area contributed by atoms with E-state index in [1.165, 1.54) is 13.0 Å². The molecule has 1 N–H and O–H groups in total. The number of carbonyl (C=O) groups is 1. The lowest BCUT2D eigenvalue weighted by molar-refractivity contribution is -0.138. The topological polar surface area (TPSA) is 50.2 Å². The van der Waals surface area contributed by atoms with Gasteiger partial charge in [-0.05, 0) is 36.6 Å². The number of aryl methyl sites for hydroxylation is 1. The lowest BCUT2D eigenvalue weighted by Gasteiger charge is -2.25. The first-order valence-electron chi connectivity index (χ1n) is 7.74. The highest BCUT2D eigenvalue weighted by Crippen LogP contribution is 2.36. The number of nitrogens with zero attached hydrogens (tertiary/aromatic N) is 1. The molecule has 0 aliphatic heterocycles. The van der Waals surface area contributed by atoms with E-state index in [4.69, 9.17) is 0 Å². The van der Waals surface area contributed by atoms with Crippen LogP contribution in [0.1, 0.15) is 45.8 Å². The number of hydrogen-bond donors (Lipinski definition) is 1. The average molecular weight is 347 g/mol. The number of halogens is 3. The minimum atomic E-state index is -4.46. The molecule has 3 rings (SSSR count). The molecular formula is C19H16F3NO2. The van der Waals surface area contributed by atoms with Gasteiger partial charge >= 0.3 is 6.18 Å². The highest BCUT2D eigenvalue weighted by atomic mass is 19.4. The smallest absolute Gasteiger partial charge is 0.384 e. The Balaban J connectivity index is 1.97. The van der Waals surface area contributed by atoms with Gasteiger partial charge in [-0.25, -0.2) is 0 Å². The molecule has 1 aromatic heterocycles. The number of benzene rings is 1. The van der Waals surface area contributed by atoms with Crippen molar-refractivity contribution < 1.29 is 23.1 Å². The Morgan fingerprint density at radius 2 is 1.88 bits per heavy atom. The quantitative estimate of drug-likeness (QED) is 0.886. The number of ketones is 1. The van der Waals surface area contributed by atoms with Crippen molar-refractivity contribution in [3.05, 3.63) is 75.6 Å². The van der Waals surface area contributed by atoms with Crippen LogP contribution < -0.4 is 0 Å². The Kier molecular flexibility index (Phi) is 4.24. The molecule has 2 aromatic rings. The van der Waals surface area contributed by atoms with Crippen molar-refractivity contribution in [2.24, 2.45) is 0 Å². The van der Waals surface area contributed by atoms with Crippen molar-refractivity contribution >= 4 is 5.78 Å². The number of alkyl halides is 3. The van der Waals surface area contributed by atoms with Gasteiger partial charge < -0.3 is 5.11 Å². The minimum Gasteiger partial charge on any atom is -0.384 e. The largest absolute Gasteiger partial charge is 0.418 e. The number of pyridine rings is 1. The lowest BCUT2D eigenvalue weighted by Crippen LogP contribution is -2.21. The van der Waals surface area contributed by atoms with Crippen molar-refractivity contribution in [2.75, 3.05) is 0 Å². The van der Waals surface area contributed by atoms with Crippen molar-refractivity contribution in [3.8, 4) is 0 Å². The van der Waals surface area contributed by atoms with E-state index in [1.807, 2.05) is 0 Å². The summed E-state index contributed by atoms with van der Waals surface area (Å²) in [6.07, 6.45) is -4.49. The summed E-state index contributed by atoms with van der Waals surface area (Å²) in [5, 5.41) is 10.4. The van der Waals surface area contributed by atoms with E-state index in [2.05, 4.69) is 4.98 Å². The second-order valence-corrected chi connectivity index (χ2v) is 6.15. The molecule has 1 heterocycles. The molecule has 1 unspecified atom stereocenters. The van der Waals surface area contributed by atoms with Crippen LogP contribution in [-0.2, 0) is 12.6 Å². The Hall–Kier alpha value is -2.47. The first-order chi connectivity index (χ1) is 11.7. The maximum absolute atomic E-state index is 12.8. The SMILES string of the molecule is CC1=C(Cc2cc(C)c(C(F)(F)F)cn2)C(=O)c2ccccc2C1O. The fourth-order valence-corrected chi connectivity index (χ4v) is 3.09. The summed E-state index contributed by atoms with van der Waals surface area (Å²) < 4.78 is 38.5. The third-order valence-corrected chi connectivity index (χ3v) is 4.49. The predicted molar refractivity (Wildman–Crippen MR) is 86.1 cm³/mol. The molecule has 25 heavy (non-hydrogen) atoms. The van der Waals surface area contributed by atoms with Gasteiger partial charge in [-0.15, -0.1) is 0 Å². The molecule has 0 amide bonds. The summed E-state index contributed by atoms with van der Waals surface area (Å²) in [5.74, 6) is -0.224. The Bertz CT molecular complexity index is 884. The first kappa shape index (κ1) is 17.4. The van der Waals surface area contributed by atoms with E-state index < -0.39 is 17.8 Å². The van der Waals surface area contributed by atoms with Crippen LogP contribution in [0.3, 0.4) is 0 Å². The summed E-state index contributed by atoms with van der Waals surface area (Å²) in [5.41, 5.74) is 1.47. The zero-order valence-corrected chi connectivity index (χ0v) is 13.7. The molecule has 0 radical (unpaired) electrons. The zero-order valence-electron chi connectivity index (χ0n) is 13.7. The zero-order chi connectivity index (χ0) is 18.4. The molecule has 130 valence electrons. The van der Waals surface area contributed by atoms with Crippen molar-refractivity contribution in [3.63, 3.8) is 0 Å². The van der Waals surface area contributed by atoms with E-state index in [9.17, 15) is 23.1 Å². The van der Waals surface area contributed by atoms with Crippen LogP contribution in [0.15, 0.2) is 47.7 Å². The molecule has 1 aromatic carbocycles. The number of aliphatic hydroxyl groups excluding tert-OH is 1. The van der Waals surface area contributed by atoms with Crippen molar-refractivity contribution in [1.82, 2.24) is 4.98 Å². The molecule has 6 heteroatoms. The van der Waals surface area contributed by atoms with Gasteiger partial charge in [-0.1, -0.05) is 24.3 Å². The van der Waals surface area contributed by atoms with Crippen LogP contribution in [0.2, 0.25) is 0 Å². The van der Waals surface area contributed by atoms with Crippen LogP contribution in [-0.4, -0.2) is 15.9 Å². The van der Waals surface area contributed by atoms with Gasteiger partial charge in [-0.3, -0.25) is 9.78 Å². The molecule has 0 saturated heterocycles. The average Bonchev–Trinajstić information content (AvgIpc) is 2.55. The number of Topliss-reactive ketones (excluding diaryl/α,β-unsaturated/α-hetero) is 1. The summed E-state index contributed by atoms with van der Waals surface area (Å²) in [6, 6.07) is 8.12. The van der Waals surface area contributed by atoms with Gasteiger partial charge in [0, 0.05) is 29.4 Å². The standard InChI is InChI=1S/C19H16F3NO2/c1-10-7-12(23-9-16(10)19(20,21)22)8-15-11(2)17(24)13-5-3-4-6-14(13)18(15)25/h3-7,9,17,24H,8H2,1-2H3. The number of aliphatic hydroxyl groups is 1. The molecule has 3 nitrogen and oxygen atoms in total. The third-order valence-electron chi connectivity index (χ3n) is 4.49. The number of aromatic nitrogens is 1. The molecule has 1 aliphatic rings. The minimum absolute atomic E-state index is 0.0555. The van der Waals surface area contributed by atoms with Crippen LogP contribution in [0, 0.1) is 6.92 Å². The van der Waals surface area contributed by atoms with Gasteiger partial charge in [0.15, 0.2) is 5.78 Å².